The Balaban J connectivity index is 2.30. The minimum Gasteiger partial charge on any atom is -0.355 e. The predicted octanol–water partition coefficient (Wildman–Crippen LogP) is 2.94. The standard InChI is InChI=1S/C12H12ClN3/c13-12-6-11(9(7-14)8-15-12)16-10-4-2-1-3-5-10/h1-6,8H,7,14H2,(H,15,16). The Kier molecular flexibility index (Phi) is 3.39. The molecule has 3 N–H and O–H groups in total. The first-order valence-electron chi connectivity index (χ1n) is 4.96. The second-order valence-electron chi connectivity index (χ2n) is 3.36. The van der Waals surface area contributed by atoms with E-state index in [1.54, 1.807) is 12.3 Å². The maximum absolute atomic E-state index is 5.85. The Hall–Kier alpha value is -1.58. The molecule has 0 radical (unpaired) electrons. The molecule has 0 saturated carbocycles. The molecule has 0 fully saturated rings. The smallest absolute Gasteiger partial charge is 0.131 e. The largest absolute Gasteiger partial charge is 0.355 e. The number of benzene rings is 1. The van der Waals surface area contributed by atoms with E-state index in [1.807, 2.05) is 30.3 Å². The van der Waals surface area contributed by atoms with Gasteiger partial charge in [0.2, 0.25) is 0 Å². The second kappa shape index (κ2) is 4.96. The molecule has 1 aromatic heterocycles. The number of pyridine rings is 1. The average Bonchev–Trinajstić information content (AvgIpc) is 2.31. The number of rotatable bonds is 3. The number of nitrogens with one attached hydrogen (secondary N) is 1. The Labute approximate surface area is 99.3 Å². The van der Waals surface area contributed by atoms with E-state index in [1.165, 1.54) is 0 Å². The molecule has 82 valence electrons. The summed E-state index contributed by atoms with van der Waals surface area (Å²) in [6, 6.07) is 11.6. The molecule has 0 aliphatic carbocycles. The van der Waals surface area contributed by atoms with Gasteiger partial charge < -0.3 is 11.1 Å². The lowest BCUT2D eigenvalue weighted by Crippen LogP contribution is -2.02. The highest BCUT2D eigenvalue weighted by Crippen LogP contribution is 2.22. The van der Waals surface area contributed by atoms with Crippen LogP contribution in [0.15, 0.2) is 42.6 Å². The summed E-state index contributed by atoms with van der Waals surface area (Å²) < 4.78 is 0. The number of hydrogen-bond donors (Lipinski definition) is 2. The molecule has 0 spiro atoms. The lowest BCUT2D eigenvalue weighted by molar-refractivity contribution is 1.05. The number of para-hydroxylation sites is 1. The van der Waals surface area contributed by atoms with Gasteiger partial charge in [-0.05, 0) is 18.2 Å². The van der Waals surface area contributed by atoms with Crippen LogP contribution < -0.4 is 11.1 Å². The normalized spacial score (nSPS) is 10.1. The first-order chi connectivity index (χ1) is 7.79. The Morgan fingerprint density at radius 2 is 2.00 bits per heavy atom. The van der Waals surface area contributed by atoms with Gasteiger partial charge in [-0.2, -0.15) is 0 Å². The fourth-order valence-electron chi connectivity index (χ4n) is 1.41. The molecule has 3 nitrogen and oxygen atoms in total. The van der Waals surface area contributed by atoms with E-state index in [2.05, 4.69) is 10.3 Å². The third-order valence-corrected chi connectivity index (χ3v) is 2.43. The lowest BCUT2D eigenvalue weighted by atomic mass is 10.2. The van der Waals surface area contributed by atoms with Crippen molar-refractivity contribution >= 4 is 23.0 Å². The van der Waals surface area contributed by atoms with Crippen molar-refractivity contribution in [2.75, 3.05) is 5.32 Å². The van der Waals surface area contributed by atoms with Gasteiger partial charge in [0, 0.05) is 29.7 Å². The topological polar surface area (TPSA) is 50.9 Å². The number of halogens is 1. The molecule has 0 atom stereocenters. The van der Waals surface area contributed by atoms with E-state index in [-0.39, 0.29) is 0 Å². The number of nitrogens with two attached hydrogens (primary N) is 1. The van der Waals surface area contributed by atoms with Gasteiger partial charge in [-0.15, -0.1) is 0 Å². The molecule has 0 aliphatic heterocycles. The molecule has 4 heteroatoms. The predicted molar refractivity (Wildman–Crippen MR) is 66.9 cm³/mol. The van der Waals surface area contributed by atoms with E-state index in [0.29, 0.717) is 11.7 Å². The highest BCUT2D eigenvalue weighted by molar-refractivity contribution is 6.29. The van der Waals surface area contributed by atoms with Crippen molar-refractivity contribution < 1.29 is 0 Å². The van der Waals surface area contributed by atoms with Crippen LogP contribution in [-0.4, -0.2) is 4.98 Å². The fourth-order valence-corrected chi connectivity index (χ4v) is 1.57. The van der Waals surface area contributed by atoms with Gasteiger partial charge in [0.25, 0.3) is 0 Å². The first-order valence-corrected chi connectivity index (χ1v) is 5.34. The van der Waals surface area contributed by atoms with Crippen LogP contribution >= 0.6 is 11.6 Å². The monoisotopic (exact) mass is 233 g/mol. The van der Waals surface area contributed by atoms with Gasteiger partial charge >= 0.3 is 0 Å². The SMILES string of the molecule is NCc1cnc(Cl)cc1Nc1ccccc1. The Morgan fingerprint density at radius 1 is 1.25 bits per heavy atom. The molecule has 16 heavy (non-hydrogen) atoms. The van der Waals surface area contributed by atoms with Crippen LogP contribution in [0, 0.1) is 0 Å². The van der Waals surface area contributed by atoms with Crippen molar-refractivity contribution in [3.63, 3.8) is 0 Å². The maximum Gasteiger partial charge on any atom is 0.131 e. The van der Waals surface area contributed by atoms with Crippen molar-refractivity contribution in [3.8, 4) is 0 Å². The summed E-state index contributed by atoms with van der Waals surface area (Å²) in [5.41, 5.74) is 8.47. The third-order valence-electron chi connectivity index (χ3n) is 2.23. The van der Waals surface area contributed by atoms with Crippen LogP contribution in [-0.2, 0) is 6.54 Å². The van der Waals surface area contributed by atoms with E-state index in [4.69, 9.17) is 17.3 Å². The molecule has 1 aromatic carbocycles. The van der Waals surface area contributed by atoms with Crippen molar-refractivity contribution in [2.24, 2.45) is 5.73 Å². The minimum atomic E-state index is 0.430. The highest BCUT2D eigenvalue weighted by atomic mass is 35.5. The van der Waals surface area contributed by atoms with Crippen LogP contribution in [0.5, 0.6) is 0 Å². The van der Waals surface area contributed by atoms with Gasteiger partial charge in [-0.3, -0.25) is 0 Å². The second-order valence-corrected chi connectivity index (χ2v) is 3.75. The van der Waals surface area contributed by atoms with Gasteiger partial charge in [0.15, 0.2) is 0 Å². The van der Waals surface area contributed by atoms with Crippen LogP contribution in [0.3, 0.4) is 0 Å². The van der Waals surface area contributed by atoms with E-state index < -0.39 is 0 Å². The fraction of sp³-hybridized carbons (Fsp3) is 0.0833. The van der Waals surface area contributed by atoms with E-state index >= 15 is 0 Å². The summed E-state index contributed by atoms with van der Waals surface area (Å²) in [7, 11) is 0. The van der Waals surface area contributed by atoms with Gasteiger partial charge in [-0.1, -0.05) is 29.8 Å². The molecule has 0 bridgehead atoms. The average molecular weight is 234 g/mol. The lowest BCUT2D eigenvalue weighted by Gasteiger charge is -2.10. The first kappa shape index (κ1) is 10.9. The minimum absolute atomic E-state index is 0.430. The van der Waals surface area contributed by atoms with Crippen LogP contribution in [0.25, 0.3) is 0 Å². The van der Waals surface area contributed by atoms with Gasteiger partial charge in [0.1, 0.15) is 5.15 Å². The van der Waals surface area contributed by atoms with Crippen molar-refractivity contribution in [1.82, 2.24) is 4.98 Å². The van der Waals surface area contributed by atoms with Crippen molar-refractivity contribution in [2.45, 2.75) is 6.54 Å². The Bertz CT molecular complexity index is 471. The molecule has 2 aromatic rings. The number of hydrogen-bond acceptors (Lipinski definition) is 3. The summed E-state index contributed by atoms with van der Waals surface area (Å²) in [4.78, 5) is 4.00. The zero-order chi connectivity index (χ0) is 11.4. The van der Waals surface area contributed by atoms with Crippen LogP contribution in [0.4, 0.5) is 11.4 Å². The zero-order valence-corrected chi connectivity index (χ0v) is 9.41. The van der Waals surface area contributed by atoms with Crippen LogP contribution in [0.2, 0.25) is 5.15 Å². The molecular formula is C12H12ClN3. The van der Waals surface area contributed by atoms with Gasteiger partial charge in [0.05, 0.1) is 0 Å². The molecule has 0 saturated heterocycles. The molecular weight excluding hydrogens is 222 g/mol. The number of anilines is 2. The number of nitrogens with zero attached hydrogens (tertiary/aromatic N) is 1. The summed E-state index contributed by atoms with van der Waals surface area (Å²) in [6.07, 6.45) is 1.69. The van der Waals surface area contributed by atoms with E-state index in [0.717, 1.165) is 16.9 Å². The summed E-state index contributed by atoms with van der Waals surface area (Å²) in [5, 5.41) is 3.71. The quantitative estimate of drug-likeness (QED) is 0.802. The zero-order valence-electron chi connectivity index (χ0n) is 8.65. The number of aromatic nitrogens is 1. The molecule has 2 rings (SSSR count). The molecule has 0 unspecified atom stereocenters. The van der Waals surface area contributed by atoms with E-state index in [9.17, 15) is 0 Å². The maximum atomic E-state index is 5.85. The summed E-state index contributed by atoms with van der Waals surface area (Å²) in [5.74, 6) is 0. The summed E-state index contributed by atoms with van der Waals surface area (Å²) >= 11 is 5.85. The Morgan fingerprint density at radius 3 is 2.69 bits per heavy atom. The molecule has 0 amide bonds. The third kappa shape index (κ3) is 2.51. The highest BCUT2D eigenvalue weighted by Gasteiger charge is 2.03. The van der Waals surface area contributed by atoms with Crippen molar-refractivity contribution in [3.05, 3.63) is 53.3 Å². The summed E-state index contributed by atoms with van der Waals surface area (Å²) in [6.45, 7) is 0.430. The molecule has 1 heterocycles. The van der Waals surface area contributed by atoms with Gasteiger partial charge in [-0.25, -0.2) is 4.98 Å². The van der Waals surface area contributed by atoms with Crippen molar-refractivity contribution in [1.29, 1.82) is 0 Å². The molecule has 0 aliphatic rings. The van der Waals surface area contributed by atoms with Crippen LogP contribution in [0.1, 0.15) is 5.56 Å².